The van der Waals surface area contributed by atoms with E-state index in [1.165, 1.54) is 5.56 Å². The first-order chi connectivity index (χ1) is 13.7. The number of rotatable bonds is 7. The summed E-state index contributed by atoms with van der Waals surface area (Å²) >= 11 is 1.60. The second-order valence-electron chi connectivity index (χ2n) is 7.88. The van der Waals surface area contributed by atoms with E-state index in [9.17, 15) is 9.59 Å². The van der Waals surface area contributed by atoms with Gasteiger partial charge in [-0.2, -0.15) is 11.8 Å². The van der Waals surface area contributed by atoms with Gasteiger partial charge in [-0.1, -0.05) is 30.3 Å². The van der Waals surface area contributed by atoms with E-state index in [0.717, 1.165) is 58.3 Å². The Morgan fingerprint density at radius 1 is 1.04 bits per heavy atom. The third kappa shape index (κ3) is 5.98. The maximum Gasteiger partial charge on any atom is 0.232 e. The van der Waals surface area contributed by atoms with Crippen LogP contribution in [0.4, 0.5) is 0 Å². The minimum absolute atomic E-state index is 0.148. The number of piperidine rings is 2. The normalized spacial score (nSPS) is 19.5. The first kappa shape index (κ1) is 21.2. The van der Waals surface area contributed by atoms with Gasteiger partial charge < -0.3 is 15.1 Å². The molecule has 1 aromatic rings. The van der Waals surface area contributed by atoms with Crippen LogP contribution in [-0.2, 0) is 16.0 Å². The summed E-state index contributed by atoms with van der Waals surface area (Å²) in [5.41, 5.74) is 1.26. The average Bonchev–Trinajstić information content (AvgIpc) is 2.75. The van der Waals surface area contributed by atoms with Gasteiger partial charge in [0.25, 0.3) is 0 Å². The summed E-state index contributed by atoms with van der Waals surface area (Å²) in [5, 5.41) is 3.12. The Balaban J connectivity index is 1.34. The van der Waals surface area contributed by atoms with Crippen molar-refractivity contribution in [3.63, 3.8) is 0 Å². The summed E-state index contributed by atoms with van der Waals surface area (Å²) < 4.78 is 0. The lowest BCUT2D eigenvalue weighted by atomic mass is 9.92. The zero-order valence-corrected chi connectivity index (χ0v) is 17.8. The van der Waals surface area contributed by atoms with Crippen LogP contribution in [0.15, 0.2) is 30.3 Å². The molecule has 28 heavy (non-hydrogen) atoms. The summed E-state index contributed by atoms with van der Waals surface area (Å²) in [5.74, 6) is 1.23. The topological polar surface area (TPSA) is 52.7 Å². The highest BCUT2D eigenvalue weighted by molar-refractivity contribution is 7.99. The maximum atomic E-state index is 12.5. The molecule has 1 aromatic carbocycles. The molecular weight excluding hydrogens is 370 g/mol. The number of amides is 2. The molecule has 5 nitrogen and oxygen atoms in total. The number of benzene rings is 1. The number of likely N-dealkylation sites (tertiary alicyclic amines) is 2. The minimum atomic E-state index is 0.148. The van der Waals surface area contributed by atoms with Crippen molar-refractivity contribution >= 4 is 23.6 Å². The van der Waals surface area contributed by atoms with Crippen molar-refractivity contribution in [1.29, 1.82) is 0 Å². The van der Waals surface area contributed by atoms with Gasteiger partial charge in [0.1, 0.15) is 0 Å². The lowest BCUT2D eigenvalue weighted by Gasteiger charge is -2.41. The van der Waals surface area contributed by atoms with Gasteiger partial charge in [0, 0.05) is 31.6 Å². The fraction of sp³-hybridized carbons (Fsp3) is 0.636. The number of nitrogens with one attached hydrogen (secondary N) is 1. The van der Waals surface area contributed by atoms with Crippen LogP contribution in [0, 0.1) is 5.92 Å². The van der Waals surface area contributed by atoms with Crippen LogP contribution < -0.4 is 5.32 Å². The van der Waals surface area contributed by atoms with Crippen molar-refractivity contribution in [2.75, 3.05) is 44.7 Å². The lowest BCUT2D eigenvalue weighted by Crippen LogP contribution is -2.50. The molecule has 2 aliphatic heterocycles. The Kier molecular flexibility index (Phi) is 8.22. The lowest BCUT2D eigenvalue weighted by molar-refractivity contribution is -0.130. The standard InChI is InChI=1S/C22H33N3O2S/c1-28-17-21(26)25-15-10-20(11-16-25)24-13-8-19(9-14-24)22(27)23-12-7-18-5-3-2-4-6-18/h2-6,19-20H,7-17H2,1H3,(H,23,27). The molecule has 0 unspecified atom stereocenters. The van der Waals surface area contributed by atoms with Gasteiger partial charge in [0.05, 0.1) is 5.75 Å². The van der Waals surface area contributed by atoms with Gasteiger partial charge in [0.15, 0.2) is 0 Å². The van der Waals surface area contributed by atoms with Crippen LogP contribution in [0.3, 0.4) is 0 Å². The van der Waals surface area contributed by atoms with Crippen molar-refractivity contribution < 1.29 is 9.59 Å². The molecule has 2 fully saturated rings. The van der Waals surface area contributed by atoms with E-state index in [1.807, 2.05) is 29.4 Å². The molecule has 2 aliphatic rings. The highest BCUT2D eigenvalue weighted by Gasteiger charge is 2.31. The average molecular weight is 404 g/mol. The predicted octanol–water partition coefficient (Wildman–Crippen LogP) is 2.41. The summed E-state index contributed by atoms with van der Waals surface area (Å²) in [7, 11) is 0. The number of thioether (sulfide) groups is 1. The van der Waals surface area contributed by atoms with Crippen LogP contribution in [0.5, 0.6) is 0 Å². The smallest absolute Gasteiger partial charge is 0.232 e. The highest BCUT2D eigenvalue weighted by atomic mass is 32.2. The van der Waals surface area contributed by atoms with Crippen LogP contribution >= 0.6 is 11.8 Å². The van der Waals surface area contributed by atoms with Crippen molar-refractivity contribution in [3.8, 4) is 0 Å². The van der Waals surface area contributed by atoms with Crippen molar-refractivity contribution in [2.45, 2.75) is 38.1 Å². The zero-order valence-electron chi connectivity index (χ0n) is 16.9. The van der Waals surface area contributed by atoms with Gasteiger partial charge in [-0.15, -0.1) is 0 Å². The van der Waals surface area contributed by atoms with E-state index in [0.29, 0.717) is 18.3 Å². The molecule has 2 saturated heterocycles. The number of nitrogens with zero attached hydrogens (tertiary/aromatic N) is 2. The van der Waals surface area contributed by atoms with E-state index < -0.39 is 0 Å². The number of hydrogen-bond donors (Lipinski definition) is 1. The van der Waals surface area contributed by atoms with Gasteiger partial charge >= 0.3 is 0 Å². The molecular formula is C22H33N3O2S. The molecule has 0 aromatic heterocycles. The van der Waals surface area contributed by atoms with Crippen molar-refractivity contribution in [3.05, 3.63) is 35.9 Å². The van der Waals surface area contributed by atoms with Crippen LogP contribution in [0.1, 0.15) is 31.2 Å². The predicted molar refractivity (Wildman–Crippen MR) is 115 cm³/mol. The number of hydrogen-bond acceptors (Lipinski definition) is 4. The molecule has 2 heterocycles. The van der Waals surface area contributed by atoms with Crippen LogP contribution in [0.25, 0.3) is 0 Å². The van der Waals surface area contributed by atoms with Gasteiger partial charge in [-0.25, -0.2) is 0 Å². The van der Waals surface area contributed by atoms with Crippen molar-refractivity contribution in [2.24, 2.45) is 5.92 Å². The second-order valence-corrected chi connectivity index (χ2v) is 8.75. The zero-order chi connectivity index (χ0) is 19.8. The molecule has 1 N–H and O–H groups in total. The Morgan fingerprint density at radius 2 is 1.71 bits per heavy atom. The third-order valence-corrected chi connectivity index (χ3v) is 6.59. The number of carbonyl (C=O) groups excluding carboxylic acids is 2. The van der Waals surface area contributed by atoms with Crippen LogP contribution in [-0.4, -0.2) is 72.4 Å². The van der Waals surface area contributed by atoms with E-state index in [-0.39, 0.29) is 17.7 Å². The second kappa shape index (κ2) is 10.9. The Hall–Kier alpha value is -1.53. The SMILES string of the molecule is CSCC(=O)N1CCC(N2CCC(C(=O)NCCc3ccccc3)CC2)CC1. The molecule has 0 atom stereocenters. The van der Waals surface area contributed by atoms with Crippen molar-refractivity contribution in [1.82, 2.24) is 15.1 Å². The van der Waals surface area contributed by atoms with E-state index in [4.69, 9.17) is 0 Å². The van der Waals surface area contributed by atoms with Gasteiger partial charge in [0.2, 0.25) is 11.8 Å². The van der Waals surface area contributed by atoms with Gasteiger partial charge in [-0.3, -0.25) is 9.59 Å². The molecule has 2 amide bonds. The number of carbonyl (C=O) groups is 2. The summed E-state index contributed by atoms with van der Waals surface area (Å²) in [6.07, 6.45) is 6.89. The first-order valence-corrected chi connectivity index (χ1v) is 11.9. The summed E-state index contributed by atoms with van der Waals surface area (Å²) in [6, 6.07) is 10.9. The third-order valence-electron chi connectivity index (χ3n) is 6.06. The summed E-state index contributed by atoms with van der Waals surface area (Å²) in [6.45, 7) is 4.47. The fourth-order valence-corrected chi connectivity index (χ4v) is 4.77. The fourth-order valence-electron chi connectivity index (χ4n) is 4.34. The Morgan fingerprint density at radius 3 is 2.36 bits per heavy atom. The monoisotopic (exact) mass is 403 g/mol. The molecule has 0 aliphatic carbocycles. The van der Waals surface area contributed by atoms with Crippen LogP contribution in [0.2, 0.25) is 0 Å². The van der Waals surface area contributed by atoms with Gasteiger partial charge in [-0.05, 0) is 57.0 Å². The maximum absolute atomic E-state index is 12.5. The molecule has 0 bridgehead atoms. The van der Waals surface area contributed by atoms with E-state index in [2.05, 4.69) is 22.3 Å². The van der Waals surface area contributed by atoms with E-state index >= 15 is 0 Å². The molecule has 0 radical (unpaired) electrons. The molecule has 0 saturated carbocycles. The Labute approximate surface area is 173 Å². The van der Waals surface area contributed by atoms with E-state index in [1.54, 1.807) is 11.8 Å². The highest BCUT2D eigenvalue weighted by Crippen LogP contribution is 2.24. The molecule has 6 heteroatoms. The minimum Gasteiger partial charge on any atom is -0.356 e. The largest absolute Gasteiger partial charge is 0.356 e. The summed E-state index contributed by atoms with van der Waals surface area (Å²) in [4.78, 5) is 29.1. The molecule has 154 valence electrons. The molecule has 0 spiro atoms. The quantitative estimate of drug-likeness (QED) is 0.760. The Bertz CT molecular complexity index is 624. The molecule has 3 rings (SSSR count). The first-order valence-electron chi connectivity index (χ1n) is 10.5.